The number of aromatic nitrogens is 2. The number of benzene rings is 2. The van der Waals surface area contributed by atoms with Gasteiger partial charge < -0.3 is 20.0 Å². The third-order valence-corrected chi connectivity index (χ3v) is 6.48. The number of hydrogen-bond donors (Lipinski definition) is 2. The fourth-order valence-corrected chi connectivity index (χ4v) is 5.00. The van der Waals surface area contributed by atoms with Gasteiger partial charge in [-0.2, -0.15) is 5.26 Å². The van der Waals surface area contributed by atoms with E-state index in [9.17, 15) is 5.26 Å². The molecule has 158 valence electrons. The van der Waals surface area contributed by atoms with E-state index in [2.05, 4.69) is 75.1 Å². The third kappa shape index (κ3) is 3.53. The summed E-state index contributed by atoms with van der Waals surface area (Å²) in [7, 11) is 1.86. The van der Waals surface area contributed by atoms with Crippen molar-refractivity contribution in [2.75, 3.05) is 23.8 Å². The van der Waals surface area contributed by atoms with Crippen LogP contribution < -0.4 is 15.5 Å². The fraction of sp³-hybridized carbons (Fsp3) is 0.375. The first-order valence-corrected chi connectivity index (χ1v) is 10.8. The molecule has 0 aliphatic carbocycles. The van der Waals surface area contributed by atoms with E-state index in [0.29, 0.717) is 24.0 Å². The minimum absolute atomic E-state index is 0.233. The summed E-state index contributed by atoms with van der Waals surface area (Å²) in [6.07, 6.45) is 1.91. The molecule has 3 aromatic rings. The molecular weight excluding hydrogens is 388 g/mol. The topological polar surface area (TPSA) is 90.0 Å². The Kier molecular flexibility index (Phi) is 5.08. The van der Waals surface area contributed by atoms with Gasteiger partial charge in [0.05, 0.1) is 24.2 Å². The van der Waals surface area contributed by atoms with Gasteiger partial charge in [0.15, 0.2) is 0 Å². The summed E-state index contributed by atoms with van der Waals surface area (Å²) in [5.41, 5.74) is 5.87. The van der Waals surface area contributed by atoms with Crippen LogP contribution in [-0.4, -0.2) is 29.8 Å². The molecule has 5 rings (SSSR count). The molecule has 0 bridgehead atoms. The van der Waals surface area contributed by atoms with Gasteiger partial charge in [0.25, 0.3) is 0 Å². The van der Waals surface area contributed by atoms with E-state index in [1.165, 1.54) is 22.4 Å². The van der Waals surface area contributed by atoms with E-state index in [0.717, 1.165) is 19.4 Å². The molecule has 7 nitrogen and oxygen atoms in total. The van der Waals surface area contributed by atoms with Gasteiger partial charge in [-0.15, -0.1) is 5.10 Å². The normalized spacial score (nSPS) is 22.0. The number of nitriles is 1. The third-order valence-electron chi connectivity index (χ3n) is 6.48. The summed E-state index contributed by atoms with van der Waals surface area (Å²) >= 11 is 0. The quantitative estimate of drug-likeness (QED) is 0.668. The molecule has 0 radical (unpaired) electrons. The Labute approximate surface area is 182 Å². The second-order valence-electron chi connectivity index (χ2n) is 8.34. The summed E-state index contributed by atoms with van der Waals surface area (Å²) in [6.45, 7) is 3.72. The molecular formula is C24H26N6O. The van der Waals surface area contributed by atoms with Crippen molar-refractivity contribution in [3.05, 3.63) is 70.6 Å². The van der Waals surface area contributed by atoms with Crippen molar-refractivity contribution in [1.29, 1.82) is 5.26 Å². The zero-order chi connectivity index (χ0) is 21.4. The maximum absolute atomic E-state index is 9.44. The van der Waals surface area contributed by atoms with Gasteiger partial charge in [-0.05, 0) is 54.8 Å². The lowest BCUT2D eigenvalue weighted by atomic mass is 9.86. The second-order valence-corrected chi connectivity index (χ2v) is 8.34. The number of rotatable bonds is 4. The molecule has 1 saturated heterocycles. The van der Waals surface area contributed by atoms with Gasteiger partial charge in [-0.1, -0.05) is 36.3 Å². The van der Waals surface area contributed by atoms with Crippen LogP contribution in [-0.2, 0) is 6.54 Å². The van der Waals surface area contributed by atoms with Gasteiger partial charge in [0.1, 0.15) is 0 Å². The van der Waals surface area contributed by atoms with Crippen LogP contribution in [0.3, 0.4) is 0 Å². The van der Waals surface area contributed by atoms with Crippen LogP contribution in [0, 0.1) is 11.3 Å². The predicted molar refractivity (Wildman–Crippen MR) is 119 cm³/mol. The molecule has 1 aromatic heterocycles. The molecule has 31 heavy (non-hydrogen) atoms. The van der Waals surface area contributed by atoms with Crippen molar-refractivity contribution >= 4 is 11.7 Å². The number of fused-ring (bicyclic) bond motifs is 5. The predicted octanol–water partition coefficient (Wildman–Crippen LogP) is 3.95. The highest BCUT2D eigenvalue weighted by molar-refractivity contribution is 5.64. The van der Waals surface area contributed by atoms with Gasteiger partial charge in [-0.25, -0.2) is 0 Å². The maximum Gasteiger partial charge on any atom is 0.315 e. The SMILES string of the molecule is CNCc1nnc(NC2CCN3c4ccc(C#N)cc4[C@@H](C)c4ccccc4[C@@H]3C2)o1. The smallest absolute Gasteiger partial charge is 0.315 e. The molecule has 2 N–H and O–H groups in total. The van der Waals surface area contributed by atoms with Gasteiger partial charge in [-0.3, -0.25) is 0 Å². The average Bonchev–Trinajstić information content (AvgIpc) is 3.21. The minimum atomic E-state index is 0.233. The second kappa shape index (κ2) is 8.05. The van der Waals surface area contributed by atoms with Crippen molar-refractivity contribution < 1.29 is 4.42 Å². The number of nitrogens with zero attached hydrogens (tertiary/aromatic N) is 4. The zero-order valence-electron chi connectivity index (χ0n) is 17.8. The van der Waals surface area contributed by atoms with Crippen molar-refractivity contribution in [3.8, 4) is 6.07 Å². The van der Waals surface area contributed by atoms with Gasteiger partial charge in [0, 0.05) is 24.2 Å². The van der Waals surface area contributed by atoms with Gasteiger partial charge in [0.2, 0.25) is 5.89 Å². The summed E-state index contributed by atoms with van der Waals surface area (Å²) in [6, 6.07) is 18.1. The first-order valence-electron chi connectivity index (χ1n) is 10.8. The minimum Gasteiger partial charge on any atom is -0.407 e. The Bertz CT molecular complexity index is 1130. The number of piperidine rings is 1. The molecule has 2 aliphatic heterocycles. The molecule has 7 heteroatoms. The van der Waals surface area contributed by atoms with E-state index in [-0.39, 0.29) is 18.0 Å². The molecule has 3 atom stereocenters. The Balaban J connectivity index is 1.49. The van der Waals surface area contributed by atoms with Crippen molar-refractivity contribution in [3.63, 3.8) is 0 Å². The summed E-state index contributed by atoms with van der Waals surface area (Å²) < 4.78 is 5.72. The summed E-state index contributed by atoms with van der Waals surface area (Å²) in [5.74, 6) is 0.815. The molecule has 0 saturated carbocycles. The van der Waals surface area contributed by atoms with Gasteiger partial charge >= 0.3 is 6.01 Å². The van der Waals surface area contributed by atoms with E-state index in [1.54, 1.807) is 0 Å². The van der Waals surface area contributed by atoms with Crippen molar-refractivity contribution in [2.45, 2.75) is 44.3 Å². The Morgan fingerprint density at radius 3 is 2.81 bits per heavy atom. The van der Waals surface area contributed by atoms with E-state index >= 15 is 0 Å². The van der Waals surface area contributed by atoms with Crippen LogP contribution >= 0.6 is 0 Å². The molecule has 0 amide bonds. The van der Waals surface area contributed by atoms with E-state index in [1.807, 2.05) is 13.1 Å². The monoisotopic (exact) mass is 414 g/mol. The molecule has 1 unspecified atom stereocenters. The lowest BCUT2D eigenvalue weighted by molar-refractivity contribution is 0.422. The molecule has 0 spiro atoms. The molecule has 2 aliphatic rings. The average molecular weight is 415 g/mol. The molecule has 3 heterocycles. The first kappa shape index (κ1) is 19.6. The maximum atomic E-state index is 9.44. The molecule has 2 aromatic carbocycles. The number of anilines is 2. The summed E-state index contributed by atoms with van der Waals surface area (Å²) in [4.78, 5) is 2.51. The number of hydrogen-bond acceptors (Lipinski definition) is 7. The lowest BCUT2D eigenvalue weighted by Crippen LogP contribution is -2.41. The highest BCUT2D eigenvalue weighted by Crippen LogP contribution is 2.46. The largest absolute Gasteiger partial charge is 0.407 e. The van der Waals surface area contributed by atoms with Crippen LogP contribution in [0.5, 0.6) is 0 Å². The zero-order valence-corrected chi connectivity index (χ0v) is 17.8. The fourth-order valence-electron chi connectivity index (χ4n) is 5.00. The highest BCUT2D eigenvalue weighted by atomic mass is 16.4. The van der Waals surface area contributed by atoms with E-state index in [4.69, 9.17) is 4.42 Å². The van der Waals surface area contributed by atoms with E-state index < -0.39 is 0 Å². The first-order chi connectivity index (χ1) is 15.2. The van der Waals surface area contributed by atoms with Crippen molar-refractivity contribution in [1.82, 2.24) is 15.5 Å². The summed E-state index contributed by atoms with van der Waals surface area (Å²) in [5, 5.41) is 24.2. The Hall–Kier alpha value is -3.37. The van der Waals surface area contributed by atoms with Crippen LogP contribution in [0.4, 0.5) is 11.7 Å². The van der Waals surface area contributed by atoms with Crippen LogP contribution in [0.1, 0.15) is 59.9 Å². The standard InChI is InChI=1S/C24H26N6O/c1-15-18-5-3-4-6-19(18)22-12-17(27-24-29-28-23(31-24)14-26-2)9-10-30(22)21-8-7-16(13-25)11-20(15)21/h3-8,11,15,17,22,26H,9-10,12,14H2,1-2H3,(H,27,29)/t15-,17?,22-/m0/s1. The highest BCUT2D eigenvalue weighted by Gasteiger charge is 2.36. The molecule has 1 fully saturated rings. The van der Waals surface area contributed by atoms with Crippen LogP contribution in [0.15, 0.2) is 46.9 Å². The van der Waals surface area contributed by atoms with Crippen LogP contribution in [0.2, 0.25) is 0 Å². The lowest BCUT2D eigenvalue weighted by Gasteiger charge is -2.41. The Morgan fingerprint density at radius 2 is 2.00 bits per heavy atom. The number of nitrogens with one attached hydrogen (secondary N) is 2. The van der Waals surface area contributed by atoms with Crippen LogP contribution in [0.25, 0.3) is 0 Å². The Morgan fingerprint density at radius 1 is 1.16 bits per heavy atom. The van der Waals surface area contributed by atoms with Crippen molar-refractivity contribution in [2.24, 2.45) is 0 Å².